The molecule has 1 amide bonds. The minimum absolute atomic E-state index is 0.0806. The van der Waals surface area contributed by atoms with Gasteiger partial charge in [0.1, 0.15) is 17.3 Å². The SMILES string of the molecule is CCc1ccc(CN2CCc3nnc(CNC(=O)C4CCCN(C)C4)n3CC2)o1. The second kappa shape index (κ2) is 9.09. The standard InChI is InChI=1S/C21H32N6O2/c1-3-17-6-7-18(29-17)15-26-10-8-19-23-24-20(27(19)12-11-26)13-22-21(28)16-5-4-9-25(2)14-16/h6-7,16H,3-5,8-15H2,1-2H3,(H,22,28). The summed E-state index contributed by atoms with van der Waals surface area (Å²) >= 11 is 0. The van der Waals surface area contributed by atoms with Crippen LogP contribution in [0.2, 0.25) is 0 Å². The number of rotatable bonds is 6. The molecule has 8 heteroatoms. The van der Waals surface area contributed by atoms with E-state index in [2.05, 4.69) is 56.0 Å². The highest BCUT2D eigenvalue weighted by molar-refractivity contribution is 5.78. The third kappa shape index (κ3) is 4.87. The van der Waals surface area contributed by atoms with Gasteiger partial charge in [-0.2, -0.15) is 0 Å². The van der Waals surface area contributed by atoms with Crippen molar-refractivity contribution in [3.63, 3.8) is 0 Å². The van der Waals surface area contributed by atoms with Gasteiger partial charge in [0.05, 0.1) is 19.0 Å². The number of furan rings is 1. The third-order valence-electron chi connectivity index (χ3n) is 6.06. The maximum atomic E-state index is 12.5. The van der Waals surface area contributed by atoms with E-state index in [0.29, 0.717) is 6.54 Å². The van der Waals surface area contributed by atoms with E-state index < -0.39 is 0 Å². The molecule has 0 radical (unpaired) electrons. The first-order valence-corrected chi connectivity index (χ1v) is 10.8. The van der Waals surface area contributed by atoms with E-state index in [-0.39, 0.29) is 11.8 Å². The van der Waals surface area contributed by atoms with E-state index in [1.54, 1.807) is 0 Å². The first-order chi connectivity index (χ1) is 14.1. The van der Waals surface area contributed by atoms with Crippen molar-refractivity contribution in [1.29, 1.82) is 0 Å². The van der Waals surface area contributed by atoms with Crippen LogP contribution in [0.3, 0.4) is 0 Å². The quantitative estimate of drug-likeness (QED) is 0.791. The van der Waals surface area contributed by atoms with Crippen molar-refractivity contribution in [2.75, 3.05) is 33.2 Å². The van der Waals surface area contributed by atoms with Crippen LogP contribution in [0.4, 0.5) is 0 Å². The number of piperidine rings is 1. The molecule has 8 nitrogen and oxygen atoms in total. The fourth-order valence-corrected chi connectivity index (χ4v) is 4.32. The van der Waals surface area contributed by atoms with Crippen molar-refractivity contribution in [3.8, 4) is 0 Å². The van der Waals surface area contributed by atoms with Gasteiger partial charge < -0.3 is 19.2 Å². The molecule has 1 saturated heterocycles. The number of likely N-dealkylation sites (tertiary alicyclic amines) is 1. The van der Waals surface area contributed by atoms with Crippen molar-refractivity contribution in [3.05, 3.63) is 35.3 Å². The van der Waals surface area contributed by atoms with E-state index in [4.69, 9.17) is 4.42 Å². The van der Waals surface area contributed by atoms with Crippen molar-refractivity contribution >= 4 is 5.91 Å². The molecule has 0 saturated carbocycles. The van der Waals surface area contributed by atoms with Crippen LogP contribution < -0.4 is 5.32 Å². The average molecular weight is 401 g/mol. The largest absolute Gasteiger partial charge is 0.465 e. The van der Waals surface area contributed by atoms with Crippen LogP contribution in [0.15, 0.2) is 16.5 Å². The zero-order chi connectivity index (χ0) is 20.2. The van der Waals surface area contributed by atoms with Gasteiger partial charge in [-0.1, -0.05) is 6.92 Å². The summed E-state index contributed by atoms with van der Waals surface area (Å²) < 4.78 is 8.03. The molecule has 29 heavy (non-hydrogen) atoms. The summed E-state index contributed by atoms with van der Waals surface area (Å²) in [5, 5.41) is 11.8. The van der Waals surface area contributed by atoms with Crippen molar-refractivity contribution in [2.24, 2.45) is 5.92 Å². The normalized spacial score (nSPS) is 21.0. The molecular weight excluding hydrogens is 368 g/mol. The fourth-order valence-electron chi connectivity index (χ4n) is 4.32. The summed E-state index contributed by atoms with van der Waals surface area (Å²) in [7, 11) is 2.08. The van der Waals surface area contributed by atoms with Crippen LogP contribution in [0, 0.1) is 5.92 Å². The Labute approximate surface area is 172 Å². The summed E-state index contributed by atoms with van der Waals surface area (Å²) in [5.74, 6) is 4.12. The Kier molecular flexibility index (Phi) is 6.30. The van der Waals surface area contributed by atoms with Crippen molar-refractivity contribution < 1.29 is 9.21 Å². The summed E-state index contributed by atoms with van der Waals surface area (Å²) in [6.07, 6.45) is 3.83. The summed E-state index contributed by atoms with van der Waals surface area (Å²) in [4.78, 5) is 17.2. The maximum Gasteiger partial charge on any atom is 0.224 e. The molecule has 1 N–H and O–H groups in total. The molecule has 2 aromatic rings. The molecule has 4 heterocycles. The Balaban J connectivity index is 1.32. The smallest absolute Gasteiger partial charge is 0.224 e. The summed E-state index contributed by atoms with van der Waals surface area (Å²) in [6, 6.07) is 4.14. The monoisotopic (exact) mass is 400 g/mol. The number of carbonyl (C=O) groups is 1. The number of hydrogen-bond acceptors (Lipinski definition) is 6. The van der Waals surface area contributed by atoms with Crippen LogP contribution in [-0.2, 0) is 37.3 Å². The molecule has 2 aromatic heterocycles. The van der Waals surface area contributed by atoms with Crippen molar-refractivity contribution in [1.82, 2.24) is 29.9 Å². The fraction of sp³-hybridized carbons (Fsp3) is 0.667. The molecule has 2 aliphatic rings. The number of nitrogens with zero attached hydrogens (tertiary/aromatic N) is 5. The number of amides is 1. The van der Waals surface area contributed by atoms with E-state index in [9.17, 15) is 4.79 Å². The third-order valence-corrected chi connectivity index (χ3v) is 6.06. The van der Waals surface area contributed by atoms with Gasteiger partial charge >= 0.3 is 0 Å². The highest BCUT2D eigenvalue weighted by Gasteiger charge is 2.25. The van der Waals surface area contributed by atoms with Crippen LogP contribution >= 0.6 is 0 Å². The second-order valence-corrected chi connectivity index (χ2v) is 8.25. The molecule has 2 aliphatic heterocycles. The Morgan fingerprint density at radius 2 is 2.07 bits per heavy atom. The second-order valence-electron chi connectivity index (χ2n) is 8.25. The molecule has 1 unspecified atom stereocenters. The molecular formula is C21H32N6O2. The van der Waals surface area contributed by atoms with Gasteiger partial charge in [-0.3, -0.25) is 9.69 Å². The number of aromatic nitrogens is 3. The van der Waals surface area contributed by atoms with Crippen molar-refractivity contribution in [2.45, 2.75) is 52.2 Å². The number of nitrogens with one attached hydrogen (secondary N) is 1. The Morgan fingerprint density at radius 1 is 1.21 bits per heavy atom. The van der Waals surface area contributed by atoms with Gasteiger partial charge in [-0.25, -0.2) is 0 Å². The van der Waals surface area contributed by atoms with Crippen LogP contribution in [-0.4, -0.2) is 63.7 Å². The van der Waals surface area contributed by atoms with Crippen LogP contribution in [0.5, 0.6) is 0 Å². The summed E-state index contributed by atoms with van der Waals surface area (Å²) in [6.45, 7) is 7.97. The topological polar surface area (TPSA) is 79.4 Å². The van der Waals surface area contributed by atoms with Gasteiger partial charge in [0, 0.05) is 39.0 Å². The van der Waals surface area contributed by atoms with Crippen LogP contribution in [0.1, 0.15) is 42.9 Å². The van der Waals surface area contributed by atoms with Gasteiger partial charge in [0.25, 0.3) is 0 Å². The van der Waals surface area contributed by atoms with E-state index in [0.717, 1.165) is 88.1 Å². The maximum absolute atomic E-state index is 12.5. The minimum Gasteiger partial charge on any atom is -0.465 e. The van der Waals surface area contributed by atoms with Gasteiger partial charge in [0.2, 0.25) is 5.91 Å². The van der Waals surface area contributed by atoms with E-state index in [1.165, 1.54) is 0 Å². The number of hydrogen-bond donors (Lipinski definition) is 1. The Morgan fingerprint density at radius 3 is 2.86 bits per heavy atom. The Bertz CT molecular complexity index is 829. The molecule has 1 atom stereocenters. The average Bonchev–Trinajstić information content (AvgIpc) is 3.29. The first kappa shape index (κ1) is 20.1. The lowest BCUT2D eigenvalue weighted by atomic mass is 9.98. The zero-order valence-electron chi connectivity index (χ0n) is 17.6. The number of aryl methyl sites for hydroxylation is 1. The lowest BCUT2D eigenvalue weighted by Crippen LogP contribution is -2.41. The predicted octanol–water partition coefficient (Wildman–Crippen LogP) is 1.45. The summed E-state index contributed by atoms with van der Waals surface area (Å²) in [5.41, 5.74) is 0. The number of fused-ring (bicyclic) bond motifs is 1. The predicted molar refractivity (Wildman–Crippen MR) is 109 cm³/mol. The zero-order valence-corrected chi connectivity index (χ0v) is 17.6. The number of carbonyl (C=O) groups excluding carboxylic acids is 1. The first-order valence-electron chi connectivity index (χ1n) is 10.8. The van der Waals surface area contributed by atoms with E-state index in [1.807, 2.05) is 0 Å². The molecule has 0 bridgehead atoms. The Hall–Kier alpha value is -2.19. The molecule has 158 valence electrons. The molecule has 1 fully saturated rings. The molecule has 0 aliphatic carbocycles. The van der Waals surface area contributed by atoms with Gasteiger partial charge in [0.15, 0.2) is 5.82 Å². The highest BCUT2D eigenvalue weighted by atomic mass is 16.3. The molecule has 4 rings (SSSR count). The van der Waals surface area contributed by atoms with Crippen LogP contribution in [0.25, 0.3) is 0 Å². The lowest BCUT2D eigenvalue weighted by molar-refractivity contribution is -0.126. The highest BCUT2D eigenvalue weighted by Crippen LogP contribution is 2.17. The molecule has 0 spiro atoms. The van der Waals surface area contributed by atoms with Gasteiger partial charge in [-0.05, 0) is 38.6 Å². The molecule has 0 aromatic carbocycles. The van der Waals surface area contributed by atoms with Gasteiger partial charge in [-0.15, -0.1) is 10.2 Å². The lowest BCUT2D eigenvalue weighted by Gasteiger charge is -2.28. The van der Waals surface area contributed by atoms with E-state index >= 15 is 0 Å². The minimum atomic E-state index is 0.0806.